The molecule has 0 atom stereocenters. The average molecular weight is 293 g/mol. The van der Waals surface area contributed by atoms with Gasteiger partial charge in [-0.15, -0.1) is 0 Å². The molecule has 2 nitrogen and oxygen atoms in total. The van der Waals surface area contributed by atoms with E-state index < -0.39 is 0 Å². The number of hydrogen-bond acceptors (Lipinski definition) is 2. The zero-order valence-corrected chi connectivity index (χ0v) is 11.4. The van der Waals surface area contributed by atoms with E-state index in [1.807, 2.05) is 30.5 Å². The fraction of sp³-hybridized carbons (Fsp3) is 0.357. The smallest absolute Gasteiger partial charge is 0.0499 e. The number of hydrogen-bond donors (Lipinski definition) is 1. The summed E-state index contributed by atoms with van der Waals surface area (Å²) < 4.78 is 1.07. The van der Waals surface area contributed by atoms with Gasteiger partial charge in [-0.1, -0.05) is 40.9 Å². The Morgan fingerprint density at radius 2 is 1.88 bits per heavy atom. The van der Waals surface area contributed by atoms with E-state index in [9.17, 15) is 0 Å². The Hall–Kier alpha value is -1.09. The molecule has 0 heterocycles. The van der Waals surface area contributed by atoms with Gasteiger partial charge < -0.3 is 5.73 Å². The Morgan fingerprint density at radius 1 is 1.24 bits per heavy atom. The van der Waals surface area contributed by atoms with Gasteiger partial charge in [0.2, 0.25) is 0 Å². The van der Waals surface area contributed by atoms with Gasteiger partial charge >= 0.3 is 0 Å². The lowest BCUT2D eigenvalue weighted by Crippen LogP contribution is -1.98. The Morgan fingerprint density at radius 3 is 2.47 bits per heavy atom. The molecule has 0 unspecified atom stereocenters. The largest absolute Gasteiger partial charge is 0.404 e. The Bertz CT molecular complexity index is 414. The summed E-state index contributed by atoms with van der Waals surface area (Å²) in [6.45, 7) is 0. The molecule has 90 valence electrons. The van der Waals surface area contributed by atoms with Crippen molar-refractivity contribution in [2.24, 2.45) is 10.7 Å². The fourth-order valence-electron chi connectivity index (χ4n) is 2.10. The van der Waals surface area contributed by atoms with E-state index in [1.54, 1.807) is 6.20 Å². The molecule has 0 aromatic heterocycles. The van der Waals surface area contributed by atoms with Crippen molar-refractivity contribution in [1.82, 2.24) is 0 Å². The molecule has 1 saturated carbocycles. The number of aliphatic imine (C=N–C) groups is 1. The topological polar surface area (TPSA) is 38.4 Å². The summed E-state index contributed by atoms with van der Waals surface area (Å²) in [7, 11) is 0. The standard InChI is InChI=1S/C14H17BrN2/c15-13-7-5-11(6-8-13)12(9-16)10-17-14-3-1-2-4-14/h5-10,14H,1-4,16H2. The summed E-state index contributed by atoms with van der Waals surface area (Å²) in [5, 5.41) is 0. The summed E-state index contributed by atoms with van der Waals surface area (Å²) in [5.74, 6) is 0. The maximum Gasteiger partial charge on any atom is 0.0499 e. The third-order valence-electron chi connectivity index (χ3n) is 3.11. The maximum absolute atomic E-state index is 5.66. The number of benzene rings is 1. The highest BCUT2D eigenvalue weighted by Gasteiger charge is 2.12. The van der Waals surface area contributed by atoms with Crippen molar-refractivity contribution in [2.75, 3.05) is 0 Å². The third-order valence-corrected chi connectivity index (χ3v) is 3.63. The van der Waals surface area contributed by atoms with Crippen LogP contribution in [0.25, 0.3) is 5.57 Å². The molecular weight excluding hydrogens is 276 g/mol. The monoisotopic (exact) mass is 292 g/mol. The van der Waals surface area contributed by atoms with Crippen LogP contribution >= 0.6 is 15.9 Å². The third kappa shape index (κ3) is 3.43. The molecule has 2 N–H and O–H groups in total. The molecule has 1 fully saturated rings. The predicted molar refractivity (Wildman–Crippen MR) is 77.1 cm³/mol. The van der Waals surface area contributed by atoms with Gasteiger partial charge in [0.1, 0.15) is 0 Å². The van der Waals surface area contributed by atoms with Gasteiger partial charge in [-0.3, -0.25) is 4.99 Å². The lowest BCUT2D eigenvalue weighted by molar-refractivity contribution is 0.711. The summed E-state index contributed by atoms with van der Waals surface area (Å²) in [6.07, 6.45) is 8.59. The summed E-state index contributed by atoms with van der Waals surface area (Å²) in [4.78, 5) is 4.61. The van der Waals surface area contributed by atoms with Gasteiger partial charge in [-0.25, -0.2) is 0 Å². The molecular formula is C14H17BrN2. The van der Waals surface area contributed by atoms with Gasteiger partial charge in [0.05, 0.1) is 0 Å². The van der Waals surface area contributed by atoms with Crippen molar-refractivity contribution in [3.05, 3.63) is 40.5 Å². The van der Waals surface area contributed by atoms with Crippen LogP contribution in [-0.4, -0.2) is 12.3 Å². The van der Waals surface area contributed by atoms with Gasteiger partial charge in [0.15, 0.2) is 0 Å². The van der Waals surface area contributed by atoms with E-state index >= 15 is 0 Å². The predicted octanol–water partition coefficient (Wildman–Crippen LogP) is 3.76. The van der Waals surface area contributed by atoms with E-state index in [0.29, 0.717) is 6.04 Å². The van der Waals surface area contributed by atoms with Crippen molar-refractivity contribution in [2.45, 2.75) is 31.7 Å². The van der Waals surface area contributed by atoms with Crippen LogP contribution in [0.15, 0.2) is 39.9 Å². The van der Waals surface area contributed by atoms with E-state index in [1.165, 1.54) is 25.7 Å². The first-order valence-electron chi connectivity index (χ1n) is 6.00. The van der Waals surface area contributed by atoms with Gasteiger partial charge in [0.25, 0.3) is 0 Å². The highest BCUT2D eigenvalue weighted by Crippen LogP contribution is 2.22. The molecule has 3 heteroatoms. The minimum absolute atomic E-state index is 0.500. The second-order valence-corrected chi connectivity index (χ2v) is 5.26. The number of nitrogens with zero attached hydrogens (tertiary/aromatic N) is 1. The zero-order valence-electron chi connectivity index (χ0n) is 9.77. The molecule has 0 spiro atoms. The summed E-state index contributed by atoms with van der Waals surface area (Å²) >= 11 is 3.43. The van der Waals surface area contributed by atoms with Crippen molar-refractivity contribution in [1.29, 1.82) is 0 Å². The summed E-state index contributed by atoms with van der Waals surface area (Å²) in [5.41, 5.74) is 7.76. The highest BCUT2D eigenvalue weighted by atomic mass is 79.9. The molecule has 0 aliphatic heterocycles. The van der Waals surface area contributed by atoms with Crippen LogP contribution in [0.1, 0.15) is 31.2 Å². The van der Waals surface area contributed by atoms with Crippen LogP contribution in [0.5, 0.6) is 0 Å². The normalized spacial score (nSPS) is 18.1. The molecule has 1 aromatic carbocycles. The van der Waals surface area contributed by atoms with Gasteiger partial charge in [0, 0.05) is 28.5 Å². The summed E-state index contributed by atoms with van der Waals surface area (Å²) in [6, 6.07) is 8.62. The molecule has 1 aliphatic rings. The van der Waals surface area contributed by atoms with E-state index in [-0.39, 0.29) is 0 Å². The minimum Gasteiger partial charge on any atom is -0.404 e. The number of allylic oxidation sites excluding steroid dienone is 1. The molecule has 0 saturated heterocycles. The molecule has 0 amide bonds. The molecule has 17 heavy (non-hydrogen) atoms. The van der Waals surface area contributed by atoms with Gasteiger partial charge in [-0.05, 0) is 30.5 Å². The lowest BCUT2D eigenvalue weighted by atomic mass is 10.1. The van der Waals surface area contributed by atoms with Crippen LogP contribution in [0.2, 0.25) is 0 Å². The molecule has 0 bridgehead atoms. The number of rotatable bonds is 3. The van der Waals surface area contributed by atoms with E-state index in [0.717, 1.165) is 15.6 Å². The van der Waals surface area contributed by atoms with Crippen LogP contribution in [0.3, 0.4) is 0 Å². The van der Waals surface area contributed by atoms with Crippen LogP contribution in [0.4, 0.5) is 0 Å². The molecule has 1 aliphatic carbocycles. The molecule has 1 aromatic rings. The SMILES string of the molecule is NC=C(C=NC1CCCC1)c1ccc(Br)cc1. The first kappa shape index (κ1) is 12.4. The molecule has 0 radical (unpaired) electrons. The van der Waals surface area contributed by atoms with Crippen molar-refractivity contribution >= 4 is 27.7 Å². The Kier molecular flexibility index (Phi) is 4.37. The highest BCUT2D eigenvalue weighted by molar-refractivity contribution is 9.10. The Balaban J connectivity index is 2.08. The maximum atomic E-state index is 5.66. The zero-order chi connectivity index (χ0) is 12.1. The number of nitrogens with two attached hydrogens (primary N) is 1. The van der Waals surface area contributed by atoms with Crippen LogP contribution in [-0.2, 0) is 0 Å². The van der Waals surface area contributed by atoms with Crippen LogP contribution < -0.4 is 5.73 Å². The minimum atomic E-state index is 0.500. The van der Waals surface area contributed by atoms with Crippen molar-refractivity contribution in [3.8, 4) is 0 Å². The second-order valence-electron chi connectivity index (χ2n) is 4.35. The quantitative estimate of drug-likeness (QED) is 0.847. The van der Waals surface area contributed by atoms with Crippen molar-refractivity contribution in [3.63, 3.8) is 0 Å². The second kappa shape index (κ2) is 6.01. The van der Waals surface area contributed by atoms with E-state index in [2.05, 4.69) is 20.9 Å². The van der Waals surface area contributed by atoms with Crippen LogP contribution in [0, 0.1) is 0 Å². The molecule has 2 rings (SSSR count). The average Bonchev–Trinajstić information content (AvgIpc) is 2.85. The fourth-order valence-corrected chi connectivity index (χ4v) is 2.36. The first-order valence-corrected chi connectivity index (χ1v) is 6.80. The van der Waals surface area contributed by atoms with Crippen molar-refractivity contribution < 1.29 is 0 Å². The number of halogens is 1. The Labute approximate surface area is 111 Å². The van der Waals surface area contributed by atoms with E-state index in [4.69, 9.17) is 5.73 Å². The van der Waals surface area contributed by atoms with Gasteiger partial charge in [-0.2, -0.15) is 0 Å². The lowest BCUT2D eigenvalue weighted by Gasteiger charge is -2.04. The first-order chi connectivity index (χ1) is 8.29.